The van der Waals surface area contributed by atoms with Gasteiger partial charge in [0, 0.05) is 13.6 Å². The van der Waals surface area contributed by atoms with Crippen LogP contribution >= 0.6 is 11.8 Å². The molecule has 5 aromatic rings. The highest BCUT2D eigenvalue weighted by Crippen LogP contribution is 2.28. The van der Waals surface area contributed by atoms with Gasteiger partial charge in [-0.05, 0) is 52.7 Å². The zero-order valence-corrected chi connectivity index (χ0v) is 18.6. The summed E-state index contributed by atoms with van der Waals surface area (Å²) in [6.07, 6.45) is 1.63. The van der Waals surface area contributed by atoms with E-state index in [1.54, 1.807) is 11.7 Å². The maximum absolute atomic E-state index is 12.7. The van der Waals surface area contributed by atoms with E-state index in [0.717, 1.165) is 18.5 Å². The Hall–Kier alpha value is -3.99. The van der Waals surface area contributed by atoms with Crippen molar-refractivity contribution in [3.8, 4) is 5.69 Å². The number of rotatable bonds is 7. The number of tetrazole rings is 1. The zero-order chi connectivity index (χ0) is 22.8. The normalized spacial score (nSPS) is 11.3. The Morgan fingerprint density at radius 1 is 0.970 bits per heavy atom. The molecule has 0 atom stereocenters. The number of hydrogen-bond acceptors (Lipinski definition) is 7. The van der Waals surface area contributed by atoms with E-state index in [4.69, 9.17) is 0 Å². The lowest BCUT2D eigenvalue weighted by Gasteiger charge is -2.09. The lowest BCUT2D eigenvalue weighted by molar-refractivity contribution is 0.607. The second-order valence-electron chi connectivity index (χ2n) is 7.44. The highest BCUT2D eigenvalue weighted by molar-refractivity contribution is 7.99. The molecule has 11 heteroatoms. The number of H-pyrrole nitrogens is 1. The first-order chi connectivity index (χ1) is 16.1. The number of para-hydroxylation sites is 1. The molecule has 0 radical (unpaired) electrons. The average Bonchev–Trinajstić information content (AvgIpc) is 3.44. The average molecular weight is 461 g/mol. The van der Waals surface area contributed by atoms with Crippen LogP contribution in [0.1, 0.15) is 12.0 Å². The summed E-state index contributed by atoms with van der Waals surface area (Å²) >= 11 is 1.25. The Kier molecular flexibility index (Phi) is 5.61. The van der Waals surface area contributed by atoms with Crippen LogP contribution in [-0.4, -0.2) is 39.3 Å². The first-order valence-corrected chi connectivity index (χ1v) is 11.2. The van der Waals surface area contributed by atoms with E-state index in [9.17, 15) is 9.59 Å². The fourth-order valence-electron chi connectivity index (χ4n) is 3.64. The van der Waals surface area contributed by atoms with E-state index < -0.39 is 11.2 Å². The van der Waals surface area contributed by atoms with E-state index >= 15 is 0 Å². The number of aromatic amines is 1. The third kappa shape index (κ3) is 4.10. The largest absolute Gasteiger partial charge is 0.329 e. The van der Waals surface area contributed by atoms with Gasteiger partial charge in [0.2, 0.25) is 5.16 Å². The van der Waals surface area contributed by atoms with Crippen molar-refractivity contribution < 1.29 is 0 Å². The minimum Gasteiger partial charge on any atom is -0.313 e. The molecular formula is C22H20N8O2S. The van der Waals surface area contributed by atoms with Crippen LogP contribution in [0.15, 0.2) is 80.6 Å². The SMILES string of the molecule is Cn1c(=O)[nH]c(=O)c2c1nc(Sc1nnnn1-c1ccccc1)n2CCCc1ccccc1. The minimum absolute atomic E-state index is 0.324. The molecule has 0 bridgehead atoms. The second kappa shape index (κ2) is 8.87. The predicted molar refractivity (Wildman–Crippen MR) is 124 cm³/mol. The van der Waals surface area contributed by atoms with Gasteiger partial charge in [0.1, 0.15) is 0 Å². The number of aryl methyl sites for hydroxylation is 3. The molecule has 10 nitrogen and oxygen atoms in total. The molecule has 2 aromatic carbocycles. The molecule has 0 fully saturated rings. The summed E-state index contributed by atoms with van der Waals surface area (Å²) in [5.41, 5.74) is 1.73. The highest BCUT2D eigenvalue weighted by Gasteiger charge is 2.20. The van der Waals surface area contributed by atoms with E-state index in [2.05, 4.69) is 37.6 Å². The van der Waals surface area contributed by atoms with Crippen molar-refractivity contribution in [1.29, 1.82) is 0 Å². The third-order valence-electron chi connectivity index (χ3n) is 5.29. The topological polar surface area (TPSA) is 116 Å². The standard InChI is InChI=1S/C22H20N8O2S/c1-28-18-17(19(31)24-20(28)32)29(14-8-11-15-9-4-2-5-10-15)21(23-18)33-22-25-26-27-30(22)16-12-6-3-7-13-16/h2-7,9-10,12-13H,8,11,14H2,1H3,(H,24,31,32). The van der Waals surface area contributed by atoms with Crippen LogP contribution in [-0.2, 0) is 20.0 Å². The molecule has 3 heterocycles. The summed E-state index contributed by atoms with van der Waals surface area (Å²) in [5.74, 6) is 0. The van der Waals surface area contributed by atoms with Gasteiger partial charge in [0.05, 0.1) is 5.69 Å². The van der Waals surface area contributed by atoms with Crippen LogP contribution in [0.5, 0.6) is 0 Å². The van der Waals surface area contributed by atoms with Crippen molar-refractivity contribution in [3.05, 3.63) is 87.1 Å². The van der Waals surface area contributed by atoms with Crippen molar-refractivity contribution in [2.75, 3.05) is 0 Å². The molecule has 0 saturated carbocycles. The summed E-state index contributed by atoms with van der Waals surface area (Å²) < 4.78 is 4.79. The number of aromatic nitrogens is 8. The fourth-order valence-corrected chi connectivity index (χ4v) is 4.54. The fraction of sp³-hybridized carbons (Fsp3) is 0.182. The minimum atomic E-state index is -0.507. The third-order valence-corrected chi connectivity index (χ3v) is 6.22. The summed E-state index contributed by atoms with van der Waals surface area (Å²) in [7, 11) is 1.59. The van der Waals surface area contributed by atoms with Crippen LogP contribution in [0.4, 0.5) is 0 Å². The van der Waals surface area contributed by atoms with E-state index in [1.165, 1.54) is 21.9 Å². The summed E-state index contributed by atoms with van der Waals surface area (Å²) in [5, 5.41) is 13.1. The van der Waals surface area contributed by atoms with Crippen molar-refractivity contribution >= 4 is 22.9 Å². The summed E-state index contributed by atoms with van der Waals surface area (Å²) in [6, 6.07) is 19.7. The molecule has 3 aromatic heterocycles. The smallest absolute Gasteiger partial charge is 0.313 e. The van der Waals surface area contributed by atoms with Crippen LogP contribution in [0.2, 0.25) is 0 Å². The highest BCUT2D eigenvalue weighted by atomic mass is 32.2. The van der Waals surface area contributed by atoms with Gasteiger partial charge >= 0.3 is 5.69 Å². The van der Waals surface area contributed by atoms with Gasteiger partial charge in [-0.15, -0.1) is 5.10 Å². The molecule has 166 valence electrons. The number of benzene rings is 2. The van der Waals surface area contributed by atoms with Gasteiger partial charge in [0.25, 0.3) is 5.56 Å². The Labute approximate surface area is 191 Å². The number of nitrogens with zero attached hydrogens (tertiary/aromatic N) is 7. The van der Waals surface area contributed by atoms with Gasteiger partial charge in [-0.2, -0.15) is 4.68 Å². The van der Waals surface area contributed by atoms with Gasteiger partial charge < -0.3 is 4.57 Å². The number of nitrogens with one attached hydrogen (secondary N) is 1. The quantitative estimate of drug-likeness (QED) is 0.396. The van der Waals surface area contributed by atoms with Crippen LogP contribution in [0.25, 0.3) is 16.9 Å². The number of fused-ring (bicyclic) bond motifs is 1. The molecule has 0 amide bonds. The first kappa shape index (κ1) is 20.9. The zero-order valence-electron chi connectivity index (χ0n) is 17.8. The van der Waals surface area contributed by atoms with Crippen LogP contribution in [0, 0.1) is 0 Å². The van der Waals surface area contributed by atoms with Gasteiger partial charge in [-0.25, -0.2) is 9.78 Å². The molecule has 0 aliphatic heterocycles. The first-order valence-electron chi connectivity index (χ1n) is 10.4. The summed E-state index contributed by atoms with van der Waals surface area (Å²) in [4.78, 5) is 31.9. The molecule has 5 rings (SSSR count). The number of hydrogen-bond donors (Lipinski definition) is 1. The van der Waals surface area contributed by atoms with Crippen molar-refractivity contribution in [2.45, 2.75) is 29.7 Å². The molecule has 1 N–H and O–H groups in total. The molecule has 0 unspecified atom stereocenters. The lowest BCUT2D eigenvalue weighted by atomic mass is 10.1. The van der Waals surface area contributed by atoms with E-state index in [1.807, 2.05) is 53.1 Å². The lowest BCUT2D eigenvalue weighted by Crippen LogP contribution is -2.29. The van der Waals surface area contributed by atoms with Crippen molar-refractivity contribution in [1.82, 2.24) is 39.3 Å². The Bertz CT molecular complexity index is 1520. The molecule has 0 spiro atoms. The van der Waals surface area contributed by atoms with E-state index in [0.29, 0.717) is 28.0 Å². The number of imidazole rings is 1. The maximum atomic E-state index is 12.7. The Morgan fingerprint density at radius 2 is 1.70 bits per heavy atom. The Balaban J connectivity index is 1.54. The predicted octanol–water partition coefficient (Wildman–Crippen LogP) is 2.18. The van der Waals surface area contributed by atoms with Gasteiger partial charge in [-0.3, -0.25) is 14.3 Å². The van der Waals surface area contributed by atoms with Crippen LogP contribution < -0.4 is 11.2 Å². The van der Waals surface area contributed by atoms with Crippen LogP contribution in [0.3, 0.4) is 0 Å². The molecule has 0 aliphatic rings. The molecule has 33 heavy (non-hydrogen) atoms. The van der Waals surface area contributed by atoms with Gasteiger partial charge in [-0.1, -0.05) is 48.5 Å². The monoisotopic (exact) mass is 460 g/mol. The second-order valence-corrected chi connectivity index (χ2v) is 8.37. The molecule has 0 aliphatic carbocycles. The molecular weight excluding hydrogens is 440 g/mol. The Morgan fingerprint density at radius 3 is 2.45 bits per heavy atom. The van der Waals surface area contributed by atoms with Crippen molar-refractivity contribution in [2.24, 2.45) is 7.05 Å². The summed E-state index contributed by atoms with van der Waals surface area (Å²) in [6.45, 7) is 0.544. The van der Waals surface area contributed by atoms with E-state index in [-0.39, 0.29) is 0 Å². The van der Waals surface area contributed by atoms with Gasteiger partial charge in [0.15, 0.2) is 16.3 Å². The van der Waals surface area contributed by atoms with Crippen molar-refractivity contribution in [3.63, 3.8) is 0 Å². The maximum Gasteiger partial charge on any atom is 0.329 e. The molecule has 0 saturated heterocycles.